The maximum Gasteiger partial charge on any atom is 0.239 e. The summed E-state index contributed by atoms with van der Waals surface area (Å²) in [4.78, 5) is 25.4. The second-order valence-corrected chi connectivity index (χ2v) is 6.42. The average Bonchev–Trinajstić information content (AvgIpc) is 3.15. The number of aromatic nitrogens is 2. The van der Waals surface area contributed by atoms with Crippen molar-refractivity contribution in [2.75, 3.05) is 31.1 Å². The fourth-order valence-electron chi connectivity index (χ4n) is 3.37. The van der Waals surface area contributed by atoms with Gasteiger partial charge in [0.1, 0.15) is 17.6 Å². The number of rotatable bonds is 3. The van der Waals surface area contributed by atoms with E-state index >= 15 is 0 Å². The van der Waals surface area contributed by atoms with Gasteiger partial charge in [-0.25, -0.2) is 9.97 Å². The summed E-state index contributed by atoms with van der Waals surface area (Å²) >= 11 is 0. The largest absolute Gasteiger partial charge is 0.357 e. The molecule has 3 heterocycles. The Morgan fingerprint density at radius 3 is 2.65 bits per heavy atom. The molecule has 0 aliphatic carbocycles. The highest BCUT2D eigenvalue weighted by Gasteiger charge is 2.28. The van der Waals surface area contributed by atoms with Crippen molar-refractivity contribution >= 4 is 11.7 Å². The minimum absolute atomic E-state index is 0.0577. The van der Waals surface area contributed by atoms with Crippen molar-refractivity contribution in [1.29, 1.82) is 5.26 Å². The quantitative estimate of drug-likeness (QED) is 0.852. The Balaban J connectivity index is 1.63. The normalized spacial score (nSPS) is 20.3. The van der Waals surface area contributed by atoms with Crippen molar-refractivity contribution in [2.45, 2.75) is 38.5 Å². The van der Waals surface area contributed by atoms with E-state index < -0.39 is 5.92 Å². The van der Waals surface area contributed by atoms with Crippen molar-refractivity contribution in [3.05, 3.63) is 18.1 Å². The van der Waals surface area contributed by atoms with Gasteiger partial charge in [0.05, 0.1) is 6.07 Å². The van der Waals surface area contributed by atoms with E-state index in [1.807, 2.05) is 18.3 Å². The number of piperidine rings is 1. The molecule has 0 bridgehead atoms. The van der Waals surface area contributed by atoms with Gasteiger partial charge in [-0.05, 0) is 38.7 Å². The smallest absolute Gasteiger partial charge is 0.239 e. The second-order valence-electron chi connectivity index (χ2n) is 6.42. The lowest BCUT2D eigenvalue weighted by molar-refractivity contribution is -0.134. The monoisotopic (exact) mass is 313 g/mol. The molecule has 2 fully saturated rings. The summed E-state index contributed by atoms with van der Waals surface area (Å²) in [5.74, 6) is 1.62. The molecule has 2 saturated heterocycles. The molecule has 0 radical (unpaired) electrons. The zero-order valence-corrected chi connectivity index (χ0v) is 13.6. The number of carbonyl (C=O) groups excluding carboxylic acids is 1. The van der Waals surface area contributed by atoms with Crippen LogP contribution in [0.4, 0.5) is 5.82 Å². The molecule has 2 aliphatic heterocycles. The average molecular weight is 313 g/mol. The highest BCUT2D eigenvalue weighted by molar-refractivity contribution is 5.80. The third-order valence-corrected chi connectivity index (χ3v) is 4.83. The minimum Gasteiger partial charge on any atom is -0.357 e. The van der Waals surface area contributed by atoms with Gasteiger partial charge in [-0.15, -0.1) is 0 Å². The molecule has 6 heteroatoms. The van der Waals surface area contributed by atoms with Crippen LogP contribution in [0.25, 0.3) is 0 Å². The Kier molecular flexibility index (Phi) is 4.75. The molecule has 2 aliphatic rings. The molecular weight excluding hydrogens is 290 g/mol. The maximum atomic E-state index is 12.1. The van der Waals surface area contributed by atoms with Crippen LogP contribution in [0.1, 0.15) is 44.3 Å². The number of nitrogens with zero attached hydrogens (tertiary/aromatic N) is 5. The van der Waals surface area contributed by atoms with E-state index in [1.54, 1.807) is 11.8 Å². The van der Waals surface area contributed by atoms with E-state index in [0.29, 0.717) is 19.0 Å². The predicted octanol–water partition coefficient (Wildman–Crippen LogP) is 1.94. The first-order valence-corrected chi connectivity index (χ1v) is 8.45. The summed E-state index contributed by atoms with van der Waals surface area (Å²) in [7, 11) is 0. The van der Waals surface area contributed by atoms with Gasteiger partial charge in [0.15, 0.2) is 0 Å². The molecular formula is C17H23N5O. The number of amides is 1. The Morgan fingerprint density at radius 1 is 1.30 bits per heavy atom. The summed E-state index contributed by atoms with van der Waals surface area (Å²) in [6, 6.07) is 4.01. The van der Waals surface area contributed by atoms with Gasteiger partial charge in [-0.3, -0.25) is 4.79 Å². The molecule has 23 heavy (non-hydrogen) atoms. The number of anilines is 1. The Hall–Kier alpha value is -2.16. The molecule has 1 amide bonds. The summed E-state index contributed by atoms with van der Waals surface area (Å²) in [5, 5.41) is 8.88. The van der Waals surface area contributed by atoms with Crippen LogP contribution in [0.5, 0.6) is 0 Å². The number of hydrogen-bond acceptors (Lipinski definition) is 5. The van der Waals surface area contributed by atoms with E-state index in [9.17, 15) is 4.79 Å². The zero-order valence-electron chi connectivity index (χ0n) is 13.6. The van der Waals surface area contributed by atoms with Gasteiger partial charge in [-0.1, -0.05) is 0 Å². The first-order chi connectivity index (χ1) is 11.2. The summed E-state index contributed by atoms with van der Waals surface area (Å²) in [6.07, 6.45) is 6.06. The lowest BCUT2D eigenvalue weighted by Crippen LogP contribution is -2.40. The first kappa shape index (κ1) is 15.7. The van der Waals surface area contributed by atoms with Crippen molar-refractivity contribution in [3.8, 4) is 6.07 Å². The Morgan fingerprint density at radius 2 is 2.00 bits per heavy atom. The number of carbonyl (C=O) groups is 1. The fraction of sp³-hybridized carbons (Fsp3) is 0.647. The predicted molar refractivity (Wildman–Crippen MR) is 86.8 cm³/mol. The van der Waals surface area contributed by atoms with E-state index in [1.165, 1.54) is 12.8 Å². The molecule has 6 nitrogen and oxygen atoms in total. The van der Waals surface area contributed by atoms with Gasteiger partial charge >= 0.3 is 0 Å². The molecule has 122 valence electrons. The van der Waals surface area contributed by atoms with Crippen LogP contribution in [-0.2, 0) is 4.79 Å². The third kappa shape index (κ3) is 3.44. The Bertz CT molecular complexity index is 597. The second kappa shape index (κ2) is 6.95. The third-order valence-electron chi connectivity index (χ3n) is 4.83. The highest BCUT2D eigenvalue weighted by atomic mass is 16.2. The van der Waals surface area contributed by atoms with E-state index in [0.717, 1.165) is 37.6 Å². The molecule has 1 atom stereocenters. The van der Waals surface area contributed by atoms with Crippen molar-refractivity contribution in [3.63, 3.8) is 0 Å². The van der Waals surface area contributed by atoms with Crippen LogP contribution in [0, 0.1) is 17.2 Å². The number of likely N-dealkylation sites (tertiary alicyclic amines) is 1. The van der Waals surface area contributed by atoms with Crippen molar-refractivity contribution < 1.29 is 4.79 Å². The lowest BCUT2D eigenvalue weighted by atomic mass is 9.95. The minimum atomic E-state index is -0.554. The molecule has 3 rings (SSSR count). The molecule has 0 saturated carbocycles. The van der Waals surface area contributed by atoms with E-state index in [4.69, 9.17) is 10.2 Å². The number of hydrogen-bond donors (Lipinski definition) is 0. The van der Waals surface area contributed by atoms with E-state index in [-0.39, 0.29) is 5.91 Å². The maximum absolute atomic E-state index is 12.1. The lowest BCUT2D eigenvalue weighted by Gasteiger charge is -2.32. The Labute approximate surface area is 137 Å². The summed E-state index contributed by atoms with van der Waals surface area (Å²) in [6.45, 7) is 5.20. The van der Waals surface area contributed by atoms with E-state index in [2.05, 4.69) is 9.88 Å². The van der Waals surface area contributed by atoms with Crippen LogP contribution in [-0.4, -0.2) is 47.0 Å². The molecule has 1 unspecified atom stereocenters. The van der Waals surface area contributed by atoms with Crippen LogP contribution < -0.4 is 4.90 Å². The molecule has 1 aromatic rings. The fourth-order valence-corrected chi connectivity index (χ4v) is 3.37. The molecule has 0 aromatic carbocycles. The zero-order chi connectivity index (χ0) is 16.2. The standard InChI is InChI=1S/C17H23N5O/c1-13(12-18)17(23)22-10-5-14(6-11-22)16-19-7-4-15(20-16)21-8-2-3-9-21/h4,7,13-14H,2-3,5-6,8-11H2,1H3. The molecule has 1 aromatic heterocycles. The molecule has 0 N–H and O–H groups in total. The van der Waals surface area contributed by atoms with Crippen molar-refractivity contribution in [1.82, 2.24) is 14.9 Å². The highest BCUT2D eigenvalue weighted by Crippen LogP contribution is 2.28. The van der Waals surface area contributed by atoms with Crippen molar-refractivity contribution in [2.24, 2.45) is 5.92 Å². The van der Waals surface area contributed by atoms with Crippen LogP contribution in [0.15, 0.2) is 12.3 Å². The van der Waals surface area contributed by atoms with Gasteiger partial charge in [0.25, 0.3) is 0 Å². The van der Waals surface area contributed by atoms with Gasteiger partial charge in [0.2, 0.25) is 5.91 Å². The van der Waals surface area contributed by atoms with Gasteiger partial charge in [-0.2, -0.15) is 5.26 Å². The van der Waals surface area contributed by atoms with Gasteiger partial charge in [0, 0.05) is 38.3 Å². The number of nitriles is 1. The topological polar surface area (TPSA) is 73.1 Å². The SMILES string of the molecule is CC(C#N)C(=O)N1CCC(c2nccc(N3CCCC3)n2)CC1. The molecule has 0 spiro atoms. The van der Waals surface area contributed by atoms with Crippen LogP contribution in [0.2, 0.25) is 0 Å². The van der Waals surface area contributed by atoms with Crippen LogP contribution >= 0.6 is 0 Å². The first-order valence-electron chi connectivity index (χ1n) is 8.45. The van der Waals surface area contributed by atoms with Crippen LogP contribution in [0.3, 0.4) is 0 Å². The van der Waals surface area contributed by atoms with Gasteiger partial charge < -0.3 is 9.80 Å². The summed E-state index contributed by atoms with van der Waals surface area (Å²) in [5.41, 5.74) is 0. The summed E-state index contributed by atoms with van der Waals surface area (Å²) < 4.78 is 0.